The molecule has 0 aliphatic carbocycles. The molecule has 0 saturated carbocycles. The van der Waals surface area contributed by atoms with Gasteiger partial charge in [0.25, 0.3) is 0 Å². The maximum Gasteiger partial charge on any atom is 0.150 e. The van der Waals surface area contributed by atoms with Crippen molar-refractivity contribution in [1.82, 2.24) is 0 Å². The van der Waals surface area contributed by atoms with Gasteiger partial charge in [-0.2, -0.15) is 0 Å². The van der Waals surface area contributed by atoms with Crippen LogP contribution in [0.3, 0.4) is 0 Å². The molecule has 0 radical (unpaired) electrons. The molecule has 1 nitrogen and oxygen atoms in total. The molecule has 1 aromatic carbocycles. The van der Waals surface area contributed by atoms with Crippen molar-refractivity contribution >= 4 is 0 Å². The Bertz CT molecular complexity index is 321. The van der Waals surface area contributed by atoms with Gasteiger partial charge in [-0.05, 0) is 18.6 Å². The van der Waals surface area contributed by atoms with E-state index in [0.29, 0.717) is 6.07 Å². The molecule has 14 heavy (non-hydrogen) atoms. The molecule has 1 aromatic rings. The van der Waals surface area contributed by atoms with E-state index in [1.54, 1.807) is 6.92 Å². The van der Waals surface area contributed by atoms with Crippen molar-refractivity contribution in [3.05, 3.63) is 35.4 Å². The van der Waals surface area contributed by atoms with Crippen molar-refractivity contribution in [3.8, 4) is 0 Å². The van der Waals surface area contributed by atoms with Gasteiger partial charge in [-0.1, -0.05) is 6.92 Å². The molecule has 0 spiro atoms. The summed E-state index contributed by atoms with van der Waals surface area (Å²) in [4.78, 5) is 0. The van der Waals surface area contributed by atoms with E-state index in [1.165, 1.54) is 0 Å². The van der Waals surface area contributed by atoms with E-state index in [0.717, 1.165) is 12.1 Å². The van der Waals surface area contributed by atoms with Gasteiger partial charge in [-0.3, -0.25) is 0 Å². The molecule has 0 heterocycles. The maximum absolute atomic E-state index is 13.9. The van der Waals surface area contributed by atoms with Gasteiger partial charge in [-0.15, -0.1) is 0 Å². The van der Waals surface area contributed by atoms with Crippen LogP contribution in [-0.4, -0.2) is 6.54 Å². The fourth-order valence-electron chi connectivity index (χ4n) is 1.30. The van der Waals surface area contributed by atoms with Gasteiger partial charge in [0.1, 0.15) is 11.6 Å². The van der Waals surface area contributed by atoms with Crippen LogP contribution in [0.25, 0.3) is 0 Å². The fourth-order valence-corrected chi connectivity index (χ4v) is 1.30. The molecule has 0 amide bonds. The zero-order valence-electron chi connectivity index (χ0n) is 7.86. The van der Waals surface area contributed by atoms with Crippen LogP contribution in [0.5, 0.6) is 0 Å². The predicted molar refractivity (Wildman–Crippen MR) is 48.5 cm³/mol. The standard InChI is InChI=1S/C10H12F3N/c1-2-10(13,6-14)8-4-3-7(11)5-9(8)12/h3-5H,2,6,14H2,1H3. The third-order valence-electron chi connectivity index (χ3n) is 2.30. The van der Waals surface area contributed by atoms with Crippen LogP contribution in [0, 0.1) is 11.6 Å². The molecule has 0 saturated heterocycles. The van der Waals surface area contributed by atoms with Gasteiger partial charge in [-0.25, -0.2) is 13.2 Å². The molecule has 0 aliphatic heterocycles. The lowest BCUT2D eigenvalue weighted by Gasteiger charge is -2.22. The average Bonchev–Trinajstić information content (AvgIpc) is 2.17. The molecule has 78 valence electrons. The van der Waals surface area contributed by atoms with Gasteiger partial charge in [0, 0.05) is 18.2 Å². The summed E-state index contributed by atoms with van der Waals surface area (Å²) in [6.07, 6.45) is 0.0616. The van der Waals surface area contributed by atoms with Gasteiger partial charge >= 0.3 is 0 Å². The molecule has 4 heteroatoms. The molecule has 0 aromatic heterocycles. The van der Waals surface area contributed by atoms with E-state index in [2.05, 4.69) is 0 Å². The second kappa shape index (κ2) is 4.00. The zero-order chi connectivity index (χ0) is 10.8. The third-order valence-corrected chi connectivity index (χ3v) is 2.30. The lowest BCUT2D eigenvalue weighted by atomic mass is 9.93. The number of alkyl halides is 1. The van der Waals surface area contributed by atoms with Gasteiger partial charge in [0.2, 0.25) is 0 Å². The third kappa shape index (κ3) is 1.90. The number of rotatable bonds is 3. The van der Waals surface area contributed by atoms with E-state index in [1.807, 2.05) is 0 Å². The minimum Gasteiger partial charge on any atom is -0.327 e. The molecule has 0 fully saturated rings. The minimum atomic E-state index is -1.90. The first-order valence-corrected chi connectivity index (χ1v) is 4.38. The highest BCUT2D eigenvalue weighted by Crippen LogP contribution is 2.30. The molecule has 1 unspecified atom stereocenters. The highest BCUT2D eigenvalue weighted by molar-refractivity contribution is 5.25. The Morgan fingerprint density at radius 3 is 2.43 bits per heavy atom. The molecule has 2 N–H and O–H groups in total. The van der Waals surface area contributed by atoms with Crippen molar-refractivity contribution in [2.75, 3.05) is 6.54 Å². The summed E-state index contributed by atoms with van der Waals surface area (Å²) < 4.78 is 39.6. The molecule has 0 aliphatic rings. The average molecular weight is 203 g/mol. The number of nitrogens with two attached hydrogens (primary N) is 1. The summed E-state index contributed by atoms with van der Waals surface area (Å²) in [6, 6.07) is 2.79. The molecule has 0 bridgehead atoms. The van der Waals surface area contributed by atoms with Crippen molar-refractivity contribution in [1.29, 1.82) is 0 Å². The molecule has 1 rings (SSSR count). The van der Waals surface area contributed by atoms with Crippen molar-refractivity contribution in [2.45, 2.75) is 19.0 Å². The Balaban J connectivity index is 3.17. The van der Waals surface area contributed by atoms with Crippen LogP contribution in [-0.2, 0) is 5.67 Å². The molecular formula is C10H12F3N. The van der Waals surface area contributed by atoms with E-state index in [-0.39, 0.29) is 18.5 Å². The fraction of sp³-hybridized carbons (Fsp3) is 0.400. The Morgan fingerprint density at radius 1 is 1.36 bits per heavy atom. The Kier molecular flexibility index (Phi) is 3.16. The highest BCUT2D eigenvalue weighted by Gasteiger charge is 2.31. The second-order valence-electron chi connectivity index (χ2n) is 3.15. The van der Waals surface area contributed by atoms with Gasteiger partial charge in [0.15, 0.2) is 5.67 Å². The SMILES string of the molecule is CCC(F)(CN)c1ccc(F)cc1F. The Hall–Kier alpha value is -1.03. The second-order valence-corrected chi connectivity index (χ2v) is 3.15. The monoisotopic (exact) mass is 203 g/mol. The van der Waals surface area contributed by atoms with Crippen molar-refractivity contribution in [2.24, 2.45) is 5.73 Å². The lowest BCUT2D eigenvalue weighted by Crippen LogP contribution is -2.30. The highest BCUT2D eigenvalue weighted by atomic mass is 19.2. The van der Waals surface area contributed by atoms with Crippen LogP contribution in [0.2, 0.25) is 0 Å². The molecule has 1 atom stereocenters. The first kappa shape index (κ1) is 11.0. The summed E-state index contributed by atoms with van der Waals surface area (Å²) in [5.74, 6) is -1.61. The smallest absolute Gasteiger partial charge is 0.150 e. The van der Waals surface area contributed by atoms with Crippen LogP contribution in [0.15, 0.2) is 18.2 Å². The Morgan fingerprint density at radius 2 is 2.00 bits per heavy atom. The van der Waals surface area contributed by atoms with Crippen molar-refractivity contribution < 1.29 is 13.2 Å². The molecular weight excluding hydrogens is 191 g/mol. The topological polar surface area (TPSA) is 26.0 Å². The van der Waals surface area contributed by atoms with E-state index in [4.69, 9.17) is 5.73 Å². The van der Waals surface area contributed by atoms with Crippen LogP contribution in [0.1, 0.15) is 18.9 Å². The van der Waals surface area contributed by atoms with Gasteiger partial charge < -0.3 is 5.73 Å². The Labute approximate surface area is 80.7 Å². The maximum atomic E-state index is 13.9. The summed E-state index contributed by atoms with van der Waals surface area (Å²) in [5.41, 5.74) is 3.14. The quantitative estimate of drug-likeness (QED) is 0.802. The van der Waals surface area contributed by atoms with E-state index >= 15 is 0 Å². The van der Waals surface area contributed by atoms with Crippen LogP contribution < -0.4 is 5.73 Å². The van der Waals surface area contributed by atoms with E-state index < -0.39 is 17.3 Å². The normalized spacial score (nSPS) is 15.2. The minimum absolute atomic E-state index is 0.0616. The predicted octanol–water partition coefficient (Wildman–Crippen LogP) is 2.50. The van der Waals surface area contributed by atoms with Crippen molar-refractivity contribution in [3.63, 3.8) is 0 Å². The summed E-state index contributed by atoms with van der Waals surface area (Å²) in [6.45, 7) is 1.25. The van der Waals surface area contributed by atoms with Crippen LogP contribution in [0.4, 0.5) is 13.2 Å². The summed E-state index contributed by atoms with van der Waals surface area (Å²) >= 11 is 0. The number of benzene rings is 1. The largest absolute Gasteiger partial charge is 0.327 e. The first-order valence-electron chi connectivity index (χ1n) is 4.38. The summed E-state index contributed by atoms with van der Waals surface area (Å²) in [7, 11) is 0. The van der Waals surface area contributed by atoms with E-state index in [9.17, 15) is 13.2 Å². The zero-order valence-corrected chi connectivity index (χ0v) is 7.86. The lowest BCUT2D eigenvalue weighted by molar-refractivity contribution is 0.162. The van der Waals surface area contributed by atoms with Crippen LogP contribution >= 0.6 is 0 Å². The number of hydrogen-bond donors (Lipinski definition) is 1. The number of hydrogen-bond acceptors (Lipinski definition) is 1. The summed E-state index contributed by atoms with van der Waals surface area (Å²) in [5, 5.41) is 0. The first-order chi connectivity index (χ1) is 6.53. The van der Waals surface area contributed by atoms with Gasteiger partial charge in [0.05, 0.1) is 0 Å². The number of halogens is 3.